The third-order valence-electron chi connectivity index (χ3n) is 4.77. The number of allylic oxidation sites excluding steroid dienone is 4. The molecule has 1 aliphatic heterocycles. The van der Waals surface area contributed by atoms with E-state index in [0.717, 1.165) is 30.8 Å². The minimum absolute atomic E-state index is 0.530. The van der Waals surface area contributed by atoms with Crippen LogP contribution in [0.3, 0.4) is 0 Å². The Labute approximate surface area is 145 Å². The summed E-state index contributed by atoms with van der Waals surface area (Å²) in [6, 6.07) is 5.67. The molecule has 8 heteroatoms. The van der Waals surface area contributed by atoms with Crippen molar-refractivity contribution in [1.82, 2.24) is 35.3 Å². The van der Waals surface area contributed by atoms with E-state index in [9.17, 15) is 0 Å². The second-order valence-corrected chi connectivity index (χ2v) is 6.54. The molecule has 8 nitrogen and oxygen atoms in total. The Morgan fingerprint density at radius 3 is 3.04 bits per heavy atom. The lowest BCUT2D eigenvalue weighted by Gasteiger charge is -2.34. The van der Waals surface area contributed by atoms with Crippen molar-refractivity contribution < 1.29 is 0 Å². The average molecular weight is 334 g/mol. The molecule has 1 saturated carbocycles. The molecule has 3 heterocycles. The number of hydrazone groups is 1. The Morgan fingerprint density at radius 2 is 2.20 bits per heavy atom. The third-order valence-corrected chi connectivity index (χ3v) is 4.77. The topological polar surface area (TPSA) is 75.3 Å². The molecule has 0 bridgehead atoms. The van der Waals surface area contributed by atoms with Gasteiger partial charge in [-0.3, -0.25) is 4.98 Å². The summed E-state index contributed by atoms with van der Waals surface area (Å²) in [6.07, 6.45) is 10.2. The smallest absolute Gasteiger partial charge is 0.223 e. The summed E-state index contributed by atoms with van der Waals surface area (Å²) in [6.45, 7) is 0.975. The monoisotopic (exact) mass is 334 g/mol. The highest BCUT2D eigenvalue weighted by atomic mass is 15.8. The van der Waals surface area contributed by atoms with Gasteiger partial charge in [-0.1, -0.05) is 12.1 Å². The summed E-state index contributed by atoms with van der Waals surface area (Å²) >= 11 is 0. The summed E-state index contributed by atoms with van der Waals surface area (Å²) in [5, 5.41) is 21.6. The van der Waals surface area contributed by atoms with Crippen LogP contribution >= 0.6 is 0 Å². The lowest BCUT2D eigenvalue weighted by atomic mass is 10.1. The fraction of sp³-hybridized carbons (Fsp3) is 0.353. The standard InChI is InChI=1S/C17H18N8/c1-23-8-4-7-19-25(23)16-11-13(9-12-10-14(12)16)24-21-17(20-22-24)15-5-2-3-6-18-15/h2-3,5-7,9,11-12,14H,4,8,10H2,1H3. The van der Waals surface area contributed by atoms with E-state index in [0.29, 0.717) is 17.7 Å². The van der Waals surface area contributed by atoms with Crippen LogP contribution in [0.1, 0.15) is 12.8 Å². The SMILES string of the molecule is CN1CCC=NN1C1=CC(n2nnc(-c3ccccn3)n2)=CC2CC12. The summed E-state index contributed by atoms with van der Waals surface area (Å²) in [5.41, 5.74) is 2.87. The van der Waals surface area contributed by atoms with Crippen LogP contribution < -0.4 is 0 Å². The second kappa shape index (κ2) is 5.59. The van der Waals surface area contributed by atoms with E-state index in [1.54, 1.807) is 11.0 Å². The molecule has 2 unspecified atom stereocenters. The van der Waals surface area contributed by atoms with Crippen molar-refractivity contribution in [1.29, 1.82) is 0 Å². The number of aromatic nitrogens is 5. The lowest BCUT2D eigenvalue weighted by Crippen LogP contribution is -2.39. The van der Waals surface area contributed by atoms with E-state index in [-0.39, 0.29) is 0 Å². The number of pyridine rings is 1. The van der Waals surface area contributed by atoms with Crippen molar-refractivity contribution in [2.45, 2.75) is 12.8 Å². The number of hydrazine groups is 1. The van der Waals surface area contributed by atoms with Gasteiger partial charge in [-0.05, 0) is 42.2 Å². The zero-order valence-electron chi connectivity index (χ0n) is 13.9. The Hall–Kier alpha value is -2.87. The molecule has 126 valence electrons. The number of tetrazole rings is 1. The highest BCUT2D eigenvalue weighted by Crippen LogP contribution is 2.50. The molecule has 0 spiro atoms. The molecule has 0 saturated heterocycles. The second-order valence-electron chi connectivity index (χ2n) is 6.54. The minimum atomic E-state index is 0.530. The van der Waals surface area contributed by atoms with Gasteiger partial charge in [0.05, 0.1) is 11.4 Å². The molecular formula is C17H18N8. The van der Waals surface area contributed by atoms with Crippen molar-refractivity contribution in [3.63, 3.8) is 0 Å². The predicted molar refractivity (Wildman–Crippen MR) is 92.6 cm³/mol. The van der Waals surface area contributed by atoms with Crippen LogP contribution in [0.5, 0.6) is 0 Å². The molecule has 25 heavy (non-hydrogen) atoms. The van der Waals surface area contributed by atoms with Crippen molar-refractivity contribution in [3.05, 3.63) is 42.2 Å². The molecule has 2 aliphatic carbocycles. The van der Waals surface area contributed by atoms with Gasteiger partial charge in [0.1, 0.15) is 5.69 Å². The van der Waals surface area contributed by atoms with Crippen LogP contribution in [0.25, 0.3) is 17.2 Å². The first-order valence-corrected chi connectivity index (χ1v) is 8.48. The molecule has 1 fully saturated rings. The van der Waals surface area contributed by atoms with Gasteiger partial charge in [-0.25, -0.2) is 5.01 Å². The van der Waals surface area contributed by atoms with E-state index in [1.807, 2.05) is 29.5 Å². The number of hydrogen-bond donors (Lipinski definition) is 0. The molecule has 0 amide bonds. The van der Waals surface area contributed by atoms with E-state index < -0.39 is 0 Å². The normalized spacial score (nSPS) is 25.4. The van der Waals surface area contributed by atoms with Crippen LogP contribution in [0, 0.1) is 11.8 Å². The van der Waals surface area contributed by atoms with Crippen LogP contribution in [0.4, 0.5) is 0 Å². The average Bonchev–Trinajstić information content (AvgIpc) is 3.27. The van der Waals surface area contributed by atoms with Crippen LogP contribution in [-0.4, -0.2) is 55.1 Å². The van der Waals surface area contributed by atoms with Crippen molar-refractivity contribution in [3.8, 4) is 11.5 Å². The van der Waals surface area contributed by atoms with Gasteiger partial charge < -0.3 is 0 Å². The Morgan fingerprint density at radius 1 is 1.24 bits per heavy atom. The Kier molecular flexibility index (Phi) is 3.24. The molecule has 2 aromatic heterocycles. The highest BCUT2D eigenvalue weighted by Gasteiger charge is 2.44. The summed E-state index contributed by atoms with van der Waals surface area (Å²) in [7, 11) is 2.07. The molecule has 0 aromatic carbocycles. The Bertz CT molecular complexity index is 881. The molecule has 2 atom stereocenters. The summed E-state index contributed by atoms with van der Waals surface area (Å²) in [5.74, 6) is 1.60. The molecule has 0 radical (unpaired) electrons. The molecule has 3 aliphatic rings. The number of fused-ring (bicyclic) bond motifs is 1. The van der Waals surface area contributed by atoms with Gasteiger partial charge >= 0.3 is 0 Å². The highest BCUT2D eigenvalue weighted by molar-refractivity contribution is 5.63. The van der Waals surface area contributed by atoms with Gasteiger partial charge in [0, 0.05) is 31.9 Å². The van der Waals surface area contributed by atoms with Crippen molar-refractivity contribution >= 4 is 11.9 Å². The predicted octanol–water partition coefficient (Wildman–Crippen LogP) is 1.65. The van der Waals surface area contributed by atoms with Crippen LogP contribution in [-0.2, 0) is 0 Å². The largest absolute Gasteiger partial charge is 0.253 e. The van der Waals surface area contributed by atoms with Crippen molar-refractivity contribution in [2.24, 2.45) is 16.9 Å². The zero-order valence-corrected chi connectivity index (χ0v) is 13.9. The number of nitrogens with zero attached hydrogens (tertiary/aromatic N) is 8. The fourth-order valence-corrected chi connectivity index (χ4v) is 3.34. The van der Waals surface area contributed by atoms with E-state index in [4.69, 9.17) is 0 Å². The molecule has 2 aromatic rings. The Balaban J connectivity index is 1.47. The first kappa shape index (κ1) is 14.5. The number of rotatable bonds is 3. The first-order valence-electron chi connectivity index (χ1n) is 8.48. The quantitative estimate of drug-likeness (QED) is 0.849. The lowest BCUT2D eigenvalue weighted by molar-refractivity contribution is 0.0272. The van der Waals surface area contributed by atoms with Gasteiger partial charge in [-0.2, -0.15) is 10.2 Å². The van der Waals surface area contributed by atoms with Crippen LogP contribution in [0.2, 0.25) is 0 Å². The number of hydrogen-bond acceptors (Lipinski definition) is 7. The van der Waals surface area contributed by atoms with Gasteiger partial charge in [0.2, 0.25) is 5.82 Å². The van der Waals surface area contributed by atoms with E-state index >= 15 is 0 Å². The maximum atomic E-state index is 4.56. The van der Waals surface area contributed by atoms with Gasteiger partial charge in [-0.15, -0.1) is 15.0 Å². The van der Waals surface area contributed by atoms with E-state index in [2.05, 4.69) is 49.7 Å². The first-order chi connectivity index (χ1) is 12.3. The van der Waals surface area contributed by atoms with E-state index in [1.165, 1.54) is 5.70 Å². The molecule has 5 rings (SSSR count). The maximum Gasteiger partial charge on any atom is 0.223 e. The molecule has 0 N–H and O–H groups in total. The zero-order chi connectivity index (χ0) is 16.8. The van der Waals surface area contributed by atoms with Gasteiger partial charge in [0.25, 0.3) is 0 Å². The fourth-order valence-electron chi connectivity index (χ4n) is 3.34. The third kappa shape index (κ3) is 2.54. The van der Waals surface area contributed by atoms with Crippen LogP contribution in [0.15, 0.2) is 47.3 Å². The summed E-state index contributed by atoms with van der Waals surface area (Å²) in [4.78, 5) is 5.87. The molecular weight excluding hydrogens is 316 g/mol. The van der Waals surface area contributed by atoms with Gasteiger partial charge in [0.15, 0.2) is 0 Å². The minimum Gasteiger partial charge on any atom is -0.253 e. The van der Waals surface area contributed by atoms with Crippen molar-refractivity contribution in [2.75, 3.05) is 13.6 Å². The summed E-state index contributed by atoms with van der Waals surface area (Å²) < 4.78 is 0. The maximum absolute atomic E-state index is 4.56.